The van der Waals surface area contributed by atoms with Crippen molar-refractivity contribution in [2.24, 2.45) is 17.8 Å². The van der Waals surface area contributed by atoms with Gasteiger partial charge < -0.3 is 10.0 Å². The molecule has 3 aliphatic rings. The van der Waals surface area contributed by atoms with Crippen LogP contribution < -0.4 is 0 Å². The Labute approximate surface area is 206 Å². The smallest absolute Gasteiger partial charge is 0.252 e. The van der Waals surface area contributed by atoms with E-state index >= 15 is 0 Å². The Bertz CT molecular complexity index is 1070. The molecule has 1 N–H and O–H groups in total. The van der Waals surface area contributed by atoms with Gasteiger partial charge in [-0.25, -0.2) is 16.8 Å². The number of thiophene rings is 1. The minimum atomic E-state index is -3.77. The zero-order valence-electron chi connectivity index (χ0n) is 19.6. The van der Waals surface area contributed by atoms with E-state index in [4.69, 9.17) is 0 Å². The summed E-state index contributed by atoms with van der Waals surface area (Å²) in [6, 6.07) is 3.17. The number of carbonyl (C=O) groups is 1. The number of rotatable bonds is 6. The van der Waals surface area contributed by atoms with Gasteiger partial charge in [-0.05, 0) is 30.4 Å². The molecular formula is C22H35N3O6S3. The van der Waals surface area contributed by atoms with Gasteiger partial charge >= 0.3 is 0 Å². The first-order chi connectivity index (χ1) is 16.1. The highest BCUT2D eigenvalue weighted by Gasteiger charge is 2.42. The topological polar surface area (TPSA) is 115 Å². The second-order valence-corrected chi connectivity index (χ2v) is 15.1. The summed E-state index contributed by atoms with van der Waals surface area (Å²) in [6.07, 6.45) is 7.48. The van der Waals surface area contributed by atoms with E-state index < -0.39 is 26.0 Å². The fourth-order valence-electron chi connectivity index (χ4n) is 5.63. The quantitative estimate of drug-likeness (QED) is 0.593. The Morgan fingerprint density at radius 3 is 2.24 bits per heavy atom. The Morgan fingerprint density at radius 2 is 1.65 bits per heavy atom. The molecule has 1 aromatic heterocycles. The normalized spacial score (nSPS) is 26.6. The number of hydrogen-bond acceptors (Lipinski definition) is 7. The summed E-state index contributed by atoms with van der Waals surface area (Å²) in [7, 11) is -7.06. The van der Waals surface area contributed by atoms with Crippen LogP contribution in [0.3, 0.4) is 0 Å². The fraction of sp³-hybridized carbons (Fsp3) is 0.773. The molecular weight excluding hydrogens is 498 g/mol. The summed E-state index contributed by atoms with van der Waals surface area (Å²) < 4.78 is 53.7. The molecule has 3 fully saturated rings. The molecule has 0 spiro atoms. The van der Waals surface area contributed by atoms with Crippen LogP contribution >= 0.6 is 11.3 Å². The number of aliphatic hydroxyl groups is 1. The van der Waals surface area contributed by atoms with Crippen LogP contribution in [0.2, 0.25) is 0 Å². The van der Waals surface area contributed by atoms with Crippen LogP contribution in [0.1, 0.15) is 43.4 Å². The summed E-state index contributed by atoms with van der Waals surface area (Å²) >= 11 is 1.07. The summed E-state index contributed by atoms with van der Waals surface area (Å²) in [5.41, 5.74) is 0. The standard InChI is InChI=1S/C22H35N3O6S3/c1-33(28,29)24-11-9-23(10-12-24)22(27)19-13-18(17-5-3-2-4-6-17)14-25(15-19)34(30,31)21-8-7-20(16-26)32-21/h7-8,17-19,26H,2-6,9-16H2,1H3/t18-,19+/m1/s1. The summed E-state index contributed by atoms with van der Waals surface area (Å²) in [5, 5.41) is 9.38. The van der Waals surface area contributed by atoms with Crippen molar-refractivity contribution in [1.29, 1.82) is 0 Å². The molecule has 0 bridgehead atoms. The van der Waals surface area contributed by atoms with Crippen molar-refractivity contribution in [2.45, 2.75) is 49.3 Å². The first-order valence-electron chi connectivity index (χ1n) is 12.0. The van der Waals surface area contributed by atoms with Gasteiger partial charge in [-0.15, -0.1) is 11.3 Å². The average molecular weight is 534 g/mol. The molecule has 2 atom stereocenters. The molecule has 4 rings (SSSR count). The number of carbonyl (C=O) groups excluding carboxylic acids is 1. The molecule has 9 nitrogen and oxygen atoms in total. The number of nitrogens with zero attached hydrogens (tertiary/aromatic N) is 3. The molecule has 2 saturated heterocycles. The van der Waals surface area contributed by atoms with Crippen LogP contribution in [-0.2, 0) is 31.4 Å². The molecule has 2 aliphatic heterocycles. The lowest BCUT2D eigenvalue weighted by Gasteiger charge is -2.43. The third kappa shape index (κ3) is 5.67. The lowest BCUT2D eigenvalue weighted by Crippen LogP contribution is -2.55. The first kappa shape index (κ1) is 26.0. The summed E-state index contributed by atoms with van der Waals surface area (Å²) in [5.74, 6) is 0.0430. The van der Waals surface area contributed by atoms with E-state index in [0.29, 0.717) is 36.9 Å². The first-order valence-corrected chi connectivity index (χ1v) is 16.1. The Morgan fingerprint density at radius 1 is 0.971 bits per heavy atom. The minimum Gasteiger partial charge on any atom is -0.391 e. The molecule has 192 valence electrons. The fourth-order valence-corrected chi connectivity index (χ4v) is 9.36. The van der Waals surface area contributed by atoms with E-state index in [0.717, 1.165) is 37.0 Å². The van der Waals surface area contributed by atoms with E-state index in [2.05, 4.69) is 0 Å². The highest BCUT2D eigenvalue weighted by Crippen LogP contribution is 2.39. The van der Waals surface area contributed by atoms with Crippen LogP contribution in [0.25, 0.3) is 0 Å². The minimum absolute atomic E-state index is 0.0731. The second kappa shape index (κ2) is 10.5. The van der Waals surface area contributed by atoms with Crippen LogP contribution in [0.4, 0.5) is 0 Å². The molecule has 0 unspecified atom stereocenters. The van der Waals surface area contributed by atoms with Crippen LogP contribution in [-0.4, -0.2) is 86.9 Å². The van der Waals surface area contributed by atoms with Gasteiger partial charge in [0, 0.05) is 44.1 Å². The number of sulfonamides is 2. The maximum atomic E-state index is 13.5. The monoisotopic (exact) mass is 533 g/mol. The van der Waals surface area contributed by atoms with E-state index in [1.54, 1.807) is 11.0 Å². The second-order valence-electron chi connectivity index (χ2n) is 9.78. The molecule has 1 aromatic rings. The van der Waals surface area contributed by atoms with Crippen molar-refractivity contribution < 1.29 is 26.7 Å². The molecule has 34 heavy (non-hydrogen) atoms. The third-order valence-corrected chi connectivity index (χ3v) is 12.2. The predicted molar refractivity (Wildman–Crippen MR) is 130 cm³/mol. The van der Waals surface area contributed by atoms with Gasteiger partial charge in [0.05, 0.1) is 18.8 Å². The van der Waals surface area contributed by atoms with Crippen LogP contribution in [0, 0.1) is 17.8 Å². The van der Waals surface area contributed by atoms with E-state index in [9.17, 15) is 26.7 Å². The molecule has 1 saturated carbocycles. The van der Waals surface area contributed by atoms with Crippen molar-refractivity contribution in [2.75, 3.05) is 45.5 Å². The number of amides is 1. The Balaban J connectivity index is 1.53. The van der Waals surface area contributed by atoms with Crippen molar-refractivity contribution in [3.63, 3.8) is 0 Å². The third-order valence-electron chi connectivity index (χ3n) is 7.52. The van der Waals surface area contributed by atoms with Gasteiger partial charge in [0.25, 0.3) is 10.0 Å². The van der Waals surface area contributed by atoms with Crippen molar-refractivity contribution in [3.8, 4) is 0 Å². The van der Waals surface area contributed by atoms with Gasteiger partial charge in [-0.3, -0.25) is 4.79 Å². The van der Waals surface area contributed by atoms with Gasteiger partial charge in [0.1, 0.15) is 4.21 Å². The highest BCUT2D eigenvalue weighted by atomic mass is 32.2. The molecule has 1 amide bonds. The van der Waals surface area contributed by atoms with Gasteiger partial charge in [0.15, 0.2) is 0 Å². The lowest BCUT2D eigenvalue weighted by atomic mass is 9.74. The number of piperazine rings is 1. The zero-order chi connectivity index (χ0) is 24.5. The van der Waals surface area contributed by atoms with Crippen molar-refractivity contribution in [1.82, 2.24) is 13.5 Å². The van der Waals surface area contributed by atoms with Gasteiger partial charge in [-0.1, -0.05) is 32.1 Å². The molecule has 0 radical (unpaired) electrons. The molecule has 0 aromatic carbocycles. The number of aliphatic hydroxyl groups excluding tert-OH is 1. The highest BCUT2D eigenvalue weighted by molar-refractivity contribution is 7.91. The predicted octanol–water partition coefficient (Wildman–Crippen LogP) is 1.55. The Kier molecular flexibility index (Phi) is 8.05. The molecule has 12 heteroatoms. The van der Waals surface area contributed by atoms with Gasteiger partial charge in [-0.2, -0.15) is 8.61 Å². The number of piperidine rings is 1. The van der Waals surface area contributed by atoms with Crippen LogP contribution in [0.5, 0.6) is 0 Å². The maximum absolute atomic E-state index is 13.5. The maximum Gasteiger partial charge on any atom is 0.252 e. The molecule has 1 aliphatic carbocycles. The Hall–Kier alpha value is -1.05. The van der Waals surface area contributed by atoms with E-state index in [-0.39, 0.29) is 42.3 Å². The van der Waals surface area contributed by atoms with Crippen molar-refractivity contribution in [3.05, 3.63) is 17.0 Å². The average Bonchev–Trinajstić information content (AvgIpc) is 3.34. The lowest BCUT2D eigenvalue weighted by molar-refractivity contribution is -0.139. The largest absolute Gasteiger partial charge is 0.391 e. The molecule has 3 heterocycles. The van der Waals surface area contributed by atoms with Crippen LogP contribution in [0.15, 0.2) is 16.3 Å². The summed E-state index contributed by atoms with van der Waals surface area (Å²) in [6.45, 7) is 1.55. The number of hydrogen-bond donors (Lipinski definition) is 1. The SMILES string of the molecule is CS(=O)(=O)N1CCN(C(=O)[C@H]2C[C@@H](C3CCCCC3)CN(S(=O)(=O)c3ccc(CO)s3)C2)CC1. The van der Waals surface area contributed by atoms with E-state index in [1.165, 1.54) is 27.4 Å². The van der Waals surface area contributed by atoms with E-state index in [1.807, 2.05) is 0 Å². The van der Waals surface area contributed by atoms with Crippen molar-refractivity contribution >= 4 is 37.3 Å². The van der Waals surface area contributed by atoms with Gasteiger partial charge in [0.2, 0.25) is 15.9 Å². The zero-order valence-corrected chi connectivity index (χ0v) is 22.1. The summed E-state index contributed by atoms with van der Waals surface area (Å²) in [4.78, 5) is 15.8.